The molecule has 0 radical (unpaired) electrons. The molecule has 2 atom stereocenters. The van der Waals surface area contributed by atoms with Gasteiger partial charge in [0, 0.05) is 32.7 Å². The Balaban J connectivity index is 1.81. The van der Waals surface area contributed by atoms with Gasteiger partial charge >= 0.3 is 0 Å². The number of nitrogens with zero attached hydrogens (tertiary/aromatic N) is 1. The number of hydrogen-bond donors (Lipinski definition) is 2. The quantitative estimate of drug-likeness (QED) is 0.721. The molecule has 2 heterocycles. The first kappa shape index (κ1) is 11.9. The zero-order valence-electron chi connectivity index (χ0n) is 10.2. The minimum atomic E-state index is 0.00845. The molecule has 2 N–H and O–H groups in total. The number of amides is 1. The van der Waals surface area contributed by atoms with Crippen LogP contribution in [-0.4, -0.2) is 49.6 Å². The van der Waals surface area contributed by atoms with Crippen molar-refractivity contribution in [2.24, 2.45) is 5.92 Å². The topological polar surface area (TPSA) is 44.4 Å². The van der Waals surface area contributed by atoms with Crippen LogP contribution in [0.5, 0.6) is 0 Å². The molecular weight excluding hydrogens is 202 g/mol. The average Bonchev–Trinajstić information content (AvgIpc) is 2.78. The van der Waals surface area contributed by atoms with Crippen molar-refractivity contribution < 1.29 is 4.79 Å². The number of likely N-dealkylation sites (tertiary alicyclic amines) is 1. The highest BCUT2D eigenvalue weighted by Gasteiger charge is 2.30. The minimum absolute atomic E-state index is 0.00845. The number of hydrogen-bond acceptors (Lipinski definition) is 3. The van der Waals surface area contributed by atoms with Gasteiger partial charge < -0.3 is 15.5 Å². The van der Waals surface area contributed by atoms with Gasteiger partial charge in [-0.05, 0) is 18.8 Å². The van der Waals surface area contributed by atoms with E-state index >= 15 is 0 Å². The van der Waals surface area contributed by atoms with Crippen molar-refractivity contribution in [3.8, 4) is 0 Å². The van der Waals surface area contributed by atoms with Gasteiger partial charge in [-0.1, -0.05) is 13.3 Å². The average molecular weight is 225 g/mol. The van der Waals surface area contributed by atoms with Crippen LogP contribution in [0.3, 0.4) is 0 Å². The molecule has 0 bridgehead atoms. The standard InChI is InChI=1S/C12H23N3O/c1-2-3-10-4-7-15(9-10)12(16)11-8-13-5-6-14-11/h10-11,13-14H,2-9H2,1H3. The fourth-order valence-corrected chi connectivity index (χ4v) is 2.73. The molecular formula is C12H23N3O. The second-order valence-corrected chi connectivity index (χ2v) is 4.94. The zero-order valence-corrected chi connectivity index (χ0v) is 10.2. The van der Waals surface area contributed by atoms with Gasteiger partial charge in [-0.25, -0.2) is 0 Å². The molecule has 2 aliphatic rings. The van der Waals surface area contributed by atoms with Gasteiger partial charge in [-0.15, -0.1) is 0 Å². The number of carbonyl (C=O) groups is 1. The number of nitrogens with one attached hydrogen (secondary N) is 2. The Bertz CT molecular complexity index is 238. The first-order chi connectivity index (χ1) is 7.81. The summed E-state index contributed by atoms with van der Waals surface area (Å²) in [6, 6.07) is 0.00845. The van der Waals surface area contributed by atoms with Crippen LogP contribution in [0.4, 0.5) is 0 Å². The Morgan fingerprint density at radius 3 is 3.00 bits per heavy atom. The number of rotatable bonds is 3. The van der Waals surface area contributed by atoms with Crippen molar-refractivity contribution >= 4 is 5.91 Å². The highest BCUT2D eigenvalue weighted by Crippen LogP contribution is 2.21. The third-order valence-electron chi connectivity index (χ3n) is 3.63. The van der Waals surface area contributed by atoms with E-state index in [2.05, 4.69) is 17.6 Å². The molecule has 2 aliphatic heterocycles. The molecule has 1 amide bonds. The lowest BCUT2D eigenvalue weighted by Gasteiger charge is -2.28. The summed E-state index contributed by atoms with van der Waals surface area (Å²) in [6.45, 7) is 6.82. The SMILES string of the molecule is CCCC1CCN(C(=O)C2CNCCN2)C1. The molecule has 2 unspecified atom stereocenters. The second-order valence-electron chi connectivity index (χ2n) is 4.94. The van der Waals surface area contributed by atoms with E-state index in [9.17, 15) is 4.79 Å². The van der Waals surface area contributed by atoms with E-state index in [0.717, 1.165) is 38.6 Å². The van der Waals surface area contributed by atoms with E-state index < -0.39 is 0 Å². The summed E-state index contributed by atoms with van der Waals surface area (Å²) >= 11 is 0. The third kappa shape index (κ3) is 2.74. The summed E-state index contributed by atoms with van der Waals surface area (Å²) in [6.07, 6.45) is 3.69. The van der Waals surface area contributed by atoms with Crippen molar-refractivity contribution in [2.75, 3.05) is 32.7 Å². The van der Waals surface area contributed by atoms with Crippen LogP contribution in [0.25, 0.3) is 0 Å². The van der Waals surface area contributed by atoms with E-state index in [0.29, 0.717) is 5.91 Å². The third-order valence-corrected chi connectivity index (χ3v) is 3.63. The molecule has 2 fully saturated rings. The number of carbonyl (C=O) groups excluding carboxylic acids is 1. The molecule has 2 rings (SSSR count). The molecule has 0 aromatic rings. The van der Waals surface area contributed by atoms with Crippen LogP contribution in [0.15, 0.2) is 0 Å². The predicted molar refractivity (Wildman–Crippen MR) is 64.3 cm³/mol. The van der Waals surface area contributed by atoms with Crippen molar-refractivity contribution in [2.45, 2.75) is 32.2 Å². The lowest BCUT2D eigenvalue weighted by molar-refractivity contribution is -0.132. The molecule has 0 aromatic carbocycles. The van der Waals surface area contributed by atoms with Crippen LogP contribution in [-0.2, 0) is 4.79 Å². The number of piperazine rings is 1. The summed E-state index contributed by atoms with van der Waals surface area (Å²) in [4.78, 5) is 14.2. The van der Waals surface area contributed by atoms with E-state index in [1.54, 1.807) is 0 Å². The molecule has 4 heteroatoms. The van der Waals surface area contributed by atoms with Crippen molar-refractivity contribution in [3.63, 3.8) is 0 Å². The molecule has 4 nitrogen and oxygen atoms in total. The first-order valence-corrected chi connectivity index (χ1v) is 6.54. The maximum absolute atomic E-state index is 12.2. The highest BCUT2D eigenvalue weighted by molar-refractivity contribution is 5.82. The molecule has 0 spiro atoms. The molecule has 2 saturated heterocycles. The van der Waals surface area contributed by atoms with Gasteiger partial charge in [0.05, 0.1) is 6.04 Å². The summed E-state index contributed by atoms with van der Waals surface area (Å²) in [5.74, 6) is 1.04. The lowest BCUT2D eigenvalue weighted by Crippen LogP contribution is -2.56. The first-order valence-electron chi connectivity index (χ1n) is 6.54. The van der Waals surface area contributed by atoms with Gasteiger partial charge in [0.25, 0.3) is 0 Å². The van der Waals surface area contributed by atoms with E-state index in [4.69, 9.17) is 0 Å². The maximum atomic E-state index is 12.2. The normalized spacial score (nSPS) is 30.7. The van der Waals surface area contributed by atoms with Crippen LogP contribution in [0, 0.1) is 5.92 Å². The summed E-state index contributed by atoms with van der Waals surface area (Å²) in [7, 11) is 0. The van der Waals surface area contributed by atoms with Gasteiger partial charge in [-0.3, -0.25) is 4.79 Å². The molecule has 16 heavy (non-hydrogen) atoms. The van der Waals surface area contributed by atoms with Crippen LogP contribution < -0.4 is 10.6 Å². The van der Waals surface area contributed by atoms with Crippen LogP contribution in [0.2, 0.25) is 0 Å². The van der Waals surface area contributed by atoms with Gasteiger partial charge in [0.1, 0.15) is 0 Å². The second kappa shape index (κ2) is 5.64. The van der Waals surface area contributed by atoms with Crippen molar-refractivity contribution in [3.05, 3.63) is 0 Å². The molecule has 0 aliphatic carbocycles. The minimum Gasteiger partial charge on any atom is -0.341 e. The predicted octanol–water partition coefficient (Wildman–Crippen LogP) is 0.196. The Labute approximate surface area is 97.8 Å². The summed E-state index contributed by atoms with van der Waals surface area (Å²) in [5, 5.41) is 6.55. The van der Waals surface area contributed by atoms with Crippen molar-refractivity contribution in [1.82, 2.24) is 15.5 Å². The van der Waals surface area contributed by atoms with Crippen LogP contribution >= 0.6 is 0 Å². The van der Waals surface area contributed by atoms with Gasteiger partial charge in [0.15, 0.2) is 0 Å². The van der Waals surface area contributed by atoms with E-state index in [1.807, 2.05) is 4.90 Å². The Morgan fingerprint density at radius 2 is 2.31 bits per heavy atom. The van der Waals surface area contributed by atoms with Gasteiger partial charge in [0.2, 0.25) is 5.91 Å². The molecule has 92 valence electrons. The van der Waals surface area contributed by atoms with Crippen LogP contribution in [0.1, 0.15) is 26.2 Å². The van der Waals surface area contributed by atoms with E-state index in [-0.39, 0.29) is 6.04 Å². The Hall–Kier alpha value is -0.610. The van der Waals surface area contributed by atoms with E-state index in [1.165, 1.54) is 19.3 Å². The maximum Gasteiger partial charge on any atom is 0.241 e. The monoisotopic (exact) mass is 225 g/mol. The lowest BCUT2D eigenvalue weighted by atomic mass is 10.0. The molecule has 0 saturated carbocycles. The Kier molecular flexibility index (Phi) is 4.18. The zero-order chi connectivity index (χ0) is 11.4. The van der Waals surface area contributed by atoms with Crippen molar-refractivity contribution in [1.29, 1.82) is 0 Å². The summed E-state index contributed by atoms with van der Waals surface area (Å²) < 4.78 is 0. The fourth-order valence-electron chi connectivity index (χ4n) is 2.73. The largest absolute Gasteiger partial charge is 0.341 e. The molecule has 0 aromatic heterocycles. The summed E-state index contributed by atoms with van der Waals surface area (Å²) in [5.41, 5.74) is 0. The fraction of sp³-hybridized carbons (Fsp3) is 0.917. The smallest absolute Gasteiger partial charge is 0.241 e. The highest BCUT2D eigenvalue weighted by atomic mass is 16.2. The van der Waals surface area contributed by atoms with Gasteiger partial charge in [-0.2, -0.15) is 0 Å². The Morgan fingerprint density at radius 1 is 1.44 bits per heavy atom.